The molecular weight excluding hydrogens is 268 g/mol. The average Bonchev–Trinajstić information content (AvgIpc) is 2.44. The summed E-state index contributed by atoms with van der Waals surface area (Å²) in [4.78, 5) is 14.5. The molecule has 1 rings (SSSR count). The van der Waals surface area contributed by atoms with Gasteiger partial charge < -0.3 is 14.4 Å². The van der Waals surface area contributed by atoms with Gasteiger partial charge in [0.1, 0.15) is 5.54 Å². The molecule has 0 aliphatic carbocycles. The van der Waals surface area contributed by atoms with Gasteiger partial charge in [-0.05, 0) is 52.5 Å². The largest absolute Gasteiger partial charge is 0.468 e. The van der Waals surface area contributed by atoms with Crippen LogP contribution in [0.15, 0.2) is 0 Å². The topological polar surface area (TPSA) is 50.8 Å². The molecule has 2 unspecified atom stereocenters. The van der Waals surface area contributed by atoms with E-state index in [0.717, 1.165) is 32.7 Å². The first kappa shape index (κ1) is 18.4. The number of hydrogen-bond acceptors (Lipinski definition) is 5. The fourth-order valence-electron chi connectivity index (χ4n) is 3.20. The van der Waals surface area contributed by atoms with Crippen LogP contribution in [0, 0.1) is 5.92 Å². The normalized spacial score (nSPS) is 23.0. The summed E-state index contributed by atoms with van der Waals surface area (Å²) in [5, 5.41) is 3.36. The van der Waals surface area contributed by atoms with E-state index in [4.69, 9.17) is 9.47 Å². The molecule has 0 radical (unpaired) electrons. The van der Waals surface area contributed by atoms with E-state index in [1.807, 2.05) is 6.92 Å². The number of likely N-dealkylation sites (tertiary alicyclic amines) is 1. The van der Waals surface area contributed by atoms with Gasteiger partial charge in [0.25, 0.3) is 0 Å². The maximum absolute atomic E-state index is 12.1. The maximum atomic E-state index is 12.1. The van der Waals surface area contributed by atoms with Gasteiger partial charge in [-0.3, -0.25) is 10.1 Å². The van der Waals surface area contributed by atoms with Gasteiger partial charge >= 0.3 is 5.97 Å². The lowest BCUT2D eigenvalue weighted by Gasteiger charge is -2.36. The molecule has 1 aliphatic heterocycles. The average molecular weight is 300 g/mol. The molecule has 5 nitrogen and oxygen atoms in total. The minimum Gasteiger partial charge on any atom is -0.468 e. The molecule has 1 aliphatic rings. The first-order valence-electron chi connectivity index (χ1n) is 7.98. The lowest BCUT2D eigenvalue weighted by molar-refractivity contribution is -0.148. The molecule has 0 aromatic carbocycles. The molecule has 0 amide bonds. The fourth-order valence-corrected chi connectivity index (χ4v) is 3.20. The second kappa shape index (κ2) is 8.71. The Balaban J connectivity index is 2.54. The van der Waals surface area contributed by atoms with Gasteiger partial charge in [0.2, 0.25) is 0 Å². The van der Waals surface area contributed by atoms with E-state index in [-0.39, 0.29) is 12.0 Å². The van der Waals surface area contributed by atoms with Crippen molar-refractivity contribution < 1.29 is 14.3 Å². The van der Waals surface area contributed by atoms with Gasteiger partial charge in [0, 0.05) is 26.2 Å². The van der Waals surface area contributed by atoms with E-state index < -0.39 is 5.54 Å². The Morgan fingerprint density at radius 1 is 1.43 bits per heavy atom. The first-order chi connectivity index (χ1) is 9.91. The summed E-state index contributed by atoms with van der Waals surface area (Å²) in [6, 6.07) is 0.247. The molecule has 21 heavy (non-hydrogen) atoms. The molecule has 0 aromatic heterocycles. The Labute approximate surface area is 129 Å². The smallest absolute Gasteiger partial charge is 0.325 e. The van der Waals surface area contributed by atoms with E-state index in [1.165, 1.54) is 20.0 Å². The third kappa shape index (κ3) is 5.93. The summed E-state index contributed by atoms with van der Waals surface area (Å²) in [5.41, 5.74) is -0.614. The Hall–Kier alpha value is -0.650. The van der Waals surface area contributed by atoms with E-state index in [0.29, 0.717) is 5.92 Å². The van der Waals surface area contributed by atoms with Crippen molar-refractivity contribution in [1.82, 2.24) is 10.2 Å². The Bertz CT molecular complexity index is 321. The van der Waals surface area contributed by atoms with Gasteiger partial charge in [-0.25, -0.2) is 0 Å². The van der Waals surface area contributed by atoms with Gasteiger partial charge in [-0.2, -0.15) is 0 Å². The third-order valence-corrected chi connectivity index (χ3v) is 4.18. The van der Waals surface area contributed by atoms with Crippen molar-refractivity contribution in [3.63, 3.8) is 0 Å². The number of nitrogens with one attached hydrogen (secondary N) is 1. The first-order valence-corrected chi connectivity index (χ1v) is 7.98. The zero-order valence-corrected chi connectivity index (χ0v) is 14.3. The number of nitrogens with zero attached hydrogens (tertiary/aromatic N) is 1. The predicted molar refractivity (Wildman–Crippen MR) is 84.3 cm³/mol. The molecule has 1 fully saturated rings. The number of ether oxygens (including phenoxy) is 2. The molecule has 0 spiro atoms. The zero-order chi connectivity index (χ0) is 15.9. The number of carbonyl (C=O) groups is 1. The second-order valence-electron chi connectivity index (χ2n) is 6.64. The van der Waals surface area contributed by atoms with Crippen molar-refractivity contribution in [2.45, 2.75) is 51.6 Å². The number of rotatable bonds is 8. The summed E-state index contributed by atoms with van der Waals surface area (Å²) in [5.74, 6) is 0.438. The SMILES string of the molecule is COCC1CCCN(CCC(C)(NC(C)C)C(=O)OC)C1. The fraction of sp³-hybridized carbons (Fsp3) is 0.938. The zero-order valence-electron chi connectivity index (χ0n) is 14.3. The molecule has 0 bridgehead atoms. The molecule has 0 aromatic rings. The number of piperidine rings is 1. The number of methoxy groups -OCH3 is 2. The summed E-state index contributed by atoms with van der Waals surface area (Å²) in [6.07, 6.45) is 3.21. The highest BCUT2D eigenvalue weighted by molar-refractivity contribution is 5.80. The molecule has 124 valence electrons. The maximum Gasteiger partial charge on any atom is 0.325 e. The molecule has 1 saturated heterocycles. The standard InChI is InChI=1S/C16H32N2O3/c1-13(2)17-16(3,15(19)21-5)8-10-18-9-6-7-14(11-18)12-20-4/h13-14,17H,6-12H2,1-5H3. The summed E-state index contributed by atoms with van der Waals surface area (Å²) in [6.45, 7) is 9.95. The van der Waals surface area contributed by atoms with Crippen molar-refractivity contribution in [2.75, 3.05) is 40.5 Å². The molecular formula is C16H32N2O3. The molecule has 1 N–H and O–H groups in total. The summed E-state index contributed by atoms with van der Waals surface area (Å²) in [7, 11) is 3.22. The van der Waals surface area contributed by atoms with Crippen LogP contribution in [0.25, 0.3) is 0 Å². The van der Waals surface area contributed by atoms with E-state index >= 15 is 0 Å². The van der Waals surface area contributed by atoms with E-state index in [9.17, 15) is 4.79 Å². The van der Waals surface area contributed by atoms with Gasteiger partial charge in [-0.1, -0.05) is 0 Å². The highest BCUT2D eigenvalue weighted by atomic mass is 16.5. The van der Waals surface area contributed by atoms with Crippen molar-refractivity contribution in [2.24, 2.45) is 5.92 Å². The van der Waals surface area contributed by atoms with Crippen LogP contribution in [0.4, 0.5) is 0 Å². The van der Waals surface area contributed by atoms with E-state index in [2.05, 4.69) is 24.1 Å². The second-order valence-corrected chi connectivity index (χ2v) is 6.64. The third-order valence-electron chi connectivity index (χ3n) is 4.18. The number of hydrogen-bond donors (Lipinski definition) is 1. The Morgan fingerprint density at radius 3 is 2.71 bits per heavy atom. The minimum absolute atomic E-state index is 0.179. The van der Waals surface area contributed by atoms with Crippen LogP contribution in [0.2, 0.25) is 0 Å². The number of carbonyl (C=O) groups excluding carboxylic acids is 1. The summed E-state index contributed by atoms with van der Waals surface area (Å²) < 4.78 is 10.2. The van der Waals surface area contributed by atoms with Gasteiger partial charge in [0.15, 0.2) is 0 Å². The van der Waals surface area contributed by atoms with Crippen LogP contribution in [0.5, 0.6) is 0 Å². The lowest BCUT2D eigenvalue weighted by Crippen LogP contribution is -2.54. The lowest BCUT2D eigenvalue weighted by atomic mass is 9.94. The monoisotopic (exact) mass is 300 g/mol. The highest BCUT2D eigenvalue weighted by Crippen LogP contribution is 2.20. The van der Waals surface area contributed by atoms with E-state index in [1.54, 1.807) is 7.11 Å². The predicted octanol–water partition coefficient (Wildman–Crippen LogP) is 1.66. The van der Waals surface area contributed by atoms with Crippen LogP contribution in [0.3, 0.4) is 0 Å². The molecule has 2 atom stereocenters. The van der Waals surface area contributed by atoms with Crippen LogP contribution >= 0.6 is 0 Å². The Kier molecular flexibility index (Phi) is 7.63. The van der Waals surface area contributed by atoms with Crippen LogP contribution in [0.1, 0.15) is 40.0 Å². The number of esters is 1. The highest BCUT2D eigenvalue weighted by Gasteiger charge is 2.35. The molecule has 5 heteroatoms. The van der Waals surface area contributed by atoms with Crippen molar-refractivity contribution in [3.05, 3.63) is 0 Å². The van der Waals surface area contributed by atoms with Crippen LogP contribution in [-0.2, 0) is 14.3 Å². The molecule has 1 heterocycles. The van der Waals surface area contributed by atoms with Crippen molar-refractivity contribution in [3.8, 4) is 0 Å². The van der Waals surface area contributed by atoms with Crippen LogP contribution in [-0.4, -0.2) is 62.9 Å². The molecule has 0 saturated carbocycles. The van der Waals surface area contributed by atoms with Gasteiger partial charge in [0.05, 0.1) is 13.7 Å². The minimum atomic E-state index is -0.614. The van der Waals surface area contributed by atoms with Crippen molar-refractivity contribution in [1.29, 1.82) is 0 Å². The van der Waals surface area contributed by atoms with Crippen molar-refractivity contribution >= 4 is 5.97 Å². The van der Waals surface area contributed by atoms with Gasteiger partial charge in [-0.15, -0.1) is 0 Å². The van der Waals surface area contributed by atoms with Crippen LogP contribution < -0.4 is 5.32 Å². The Morgan fingerprint density at radius 2 is 2.14 bits per heavy atom. The quantitative estimate of drug-likeness (QED) is 0.691. The summed E-state index contributed by atoms with van der Waals surface area (Å²) >= 11 is 0.